The van der Waals surface area contributed by atoms with Gasteiger partial charge in [0.1, 0.15) is 0 Å². The second-order valence-corrected chi connectivity index (χ2v) is 4.89. The van der Waals surface area contributed by atoms with E-state index in [2.05, 4.69) is 24.4 Å². The summed E-state index contributed by atoms with van der Waals surface area (Å²) in [6, 6.07) is 17.9. The van der Waals surface area contributed by atoms with Crippen LogP contribution in [0.2, 0.25) is 0 Å². The average molecular weight is 253 g/mol. The fourth-order valence-corrected chi connectivity index (χ4v) is 2.03. The molecule has 0 radical (unpaired) electrons. The molecular weight excluding hydrogens is 234 g/mol. The van der Waals surface area contributed by atoms with Crippen molar-refractivity contribution in [2.75, 3.05) is 6.54 Å². The van der Waals surface area contributed by atoms with Gasteiger partial charge in [0.05, 0.1) is 0 Å². The smallest absolute Gasteiger partial charge is 0.251 e. The minimum atomic E-state index is -0.00789. The number of hydrogen-bond donors (Lipinski definition) is 1. The minimum Gasteiger partial charge on any atom is -0.351 e. The van der Waals surface area contributed by atoms with E-state index < -0.39 is 0 Å². The van der Waals surface area contributed by atoms with Crippen LogP contribution in [0.4, 0.5) is 0 Å². The standard InChI is InChI=1S/C17H19NO/c1-13-7-6-10-16(11-13)17(19)18-12-14(2)15-8-4-3-5-9-15/h3-11,14H,12H2,1-2H3,(H,18,19)/t14-/m0/s1. The molecule has 98 valence electrons. The number of hydrogen-bond acceptors (Lipinski definition) is 1. The van der Waals surface area contributed by atoms with Crippen molar-refractivity contribution < 1.29 is 4.79 Å². The van der Waals surface area contributed by atoms with Gasteiger partial charge in [0, 0.05) is 12.1 Å². The van der Waals surface area contributed by atoms with Crippen LogP contribution in [0.1, 0.15) is 34.3 Å². The molecule has 2 nitrogen and oxygen atoms in total. The van der Waals surface area contributed by atoms with Gasteiger partial charge >= 0.3 is 0 Å². The highest BCUT2D eigenvalue weighted by Crippen LogP contribution is 2.13. The van der Waals surface area contributed by atoms with Gasteiger partial charge in [-0.1, -0.05) is 55.0 Å². The Bertz CT molecular complexity index is 548. The maximum Gasteiger partial charge on any atom is 0.251 e. The Labute approximate surface area is 114 Å². The van der Waals surface area contributed by atoms with Gasteiger partial charge in [-0.15, -0.1) is 0 Å². The lowest BCUT2D eigenvalue weighted by Gasteiger charge is -2.13. The molecule has 0 saturated carbocycles. The second kappa shape index (κ2) is 6.19. The SMILES string of the molecule is Cc1cccc(C(=O)NC[C@H](C)c2ccccc2)c1. The van der Waals surface area contributed by atoms with Crippen molar-refractivity contribution >= 4 is 5.91 Å². The molecular formula is C17H19NO. The average Bonchev–Trinajstić information content (AvgIpc) is 2.45. The van der Waals surface area contributed by atoms with Crippen molar-refractivity contribution in [3.8, 4) is 0 Å². The maximum atomic E-state index is 12.0. The number of amides is 1. The lowest BCUT2D eigenvalue weighted by atomic mass is 10.0. The first kappa shape index (κ1) is 13.3. The van der Waals surface area contributed by atoms with Gasteiger partial charge in [-0.3, -0.25) is 4.79 Å². The van der Waals surface area contributed by atoms with Crippen molar-refractivity contribution in [1.29, 1.82) is 0 Å². The summed E-state index contributed by atoms with van der Waals surface area (Å²) in [4.78, 5) is 12.0. The molecule has 0 aliphatic heterocycles. The Morgan fingerprint density at radius 3 is 2.53 bits per heavy atom. The molecule has 2 heteroatoms. The van der Waals surface area contributed by atoms with Gasteiger partial charge < -0.3 is 5.32 Å². The zero-order valence-electron chi connectivity index (χ0n) is 11.4. The molecule has 0 aliphatic carbocycles. The molecule has 1 atom stereocenters. The van der Waals surface area contributed by atoms with Crippen LogP contribution in [0.5, 0.6) is 0 Å². The molecule has 0 spiro atoms. The predicted octanol–water partition coefficient (Wildman–Crippen LogP) is 3.53. The zero-order valence-corrected chi connectivity index (χ0v) is 11.4. The summed E-state index contributed by atoms with van der Waals surface area (Å²) in [7, 11) is 0. The first-order chi connectivity index (χ1) is 9.16. The molecule has 0 bridgehead atoms. The van der Waals surface area contributed by atoms with E-state index in [1.54, 1.807) is 0 Å². The minimum absolute atomic E-state index is 0.00789. The Kier molecular flexibility index (Phi) is 4.35. The van der Waals surface area contributed by atoms with Gasteiger partial charge in [-0.2, -0.15) is 0 Å². The fraction of sp³-hybridized carbons (Fsp3) is 0.235. The lowest BCUT2D eigenvalue weighted by molar-refractivity contribution is 0.0951. The van der Waals surface area contributed by atoms with Gasteiger partial charge in [0.25, 0.3) is 5.91 Å². The van der Waals surface area contributed by atoms with E-state index in [4.69, 9.17) is 0 Å². The van der Waals surface area contributed by atoms with Crippen LogP contribution in [0.25, 0.3) is 0 Å². The summed E-state index contributed by atoms with van der Waals surface area (Å²) < 4.78 is 0. The predicted molar refractivity (Wildman–Crippen MR) is 78.4 cm³/mol. The van der Waals surface area contributed by atoms with Gasteiger partial charge in [0.15, 0.2) is 0 Å². The Balaban J connectivity index is 1.94. The second-order valence-electron chi connectivity index (χ2n) is 4.89. The molecule has 1 N–H and O–H groups in total. The van der Waals surface area contributed by atoms with E-state index in [9.17, 15) is 4.79 Å². The highest BCUT2D eigenvalue weighted by Gasteiger charge is 2.09. The number of benzene rings is 2. The summed E-state index contributed by atoms with van der Waals surface area (Å²) in [6.45, 7) is 4.76. The fourth-order valence-electron chi connectivity index (χ4n) is 2.03. The molecule has 0 aromatic heterocycles. The Morgan fingerprint density at radius 1 is 1.11 bits per heavy atom. The molecule has 0 fully saturated rings. The Morgan fingerprint density at radius 2 is 1.84 bits per heavy atom. The molecule has 2 rings (SSSR count). The van der Waals surface area contributed by atoms with Crippen LogP contribution >= 0.6 is 0 Å². The molecule has 2 aromatic rings. The summed E-state index contributed by atoms with van der Waals surface area (Å²) in [5.74, 6) is 0.307. The summed E-state index contributed by atoms with van der Waals surface area (Å²) in [5, 5.41) is 2.99. The van der Waals surface area contributed by atoms with Crippen LogP contribution in [0.15, 0.2) is 54.6 Å². The van der Waals surface area contributed by atoms with Crippen molar-refractivity contribution in [1.82, 2.24) is 5.32 Å². The number of carbonyl (C=O) groups excluding carboxylic acids is 1. The Hall–Kier alpha value is -2.09. The molecule has 1 amide bonds. The van der Waals surface area contributed by atoms with E-state index in [1.807, 2.05) is 49.4 Å². The highest BCUT2D eigenvalue weighted by atomic mass is 16.1. The molecule has 0 aliphatic rings. The lowest BCUT2D eigenvalue weighted by Crippen LogP contribution is -2.27. The highest BCUT2D eigenvalue weighted by molar-refractivity contribution is 5.94. The van der Waals surface area contributed by atoms with Crippen molar-refractivity contribution in [2.45, 2.75) is 19.8 Å². The van der Waals surface area contributed by atoms with Gasteiger partial charge in [-0.05, 0) is 30.5 Å². The normalized spacial score (nSPS) is 11.9. The van der Waals surface area contributed by atoms with Gasteiger partial charge in [0.2, 0.25) is 0 Å². The van der Waals surface area contributed by atoms with Crippen LogP contribution in [0, 0.1) is 6.92 Å². The molecule has 0 unspecified atom stereocenters. The van der Waals surface area contributed by atoms with Crippen molar-refractivity contribution in [3.63, 3.8) is 0 Å². The van der Waals surface area contributed by atoms with E-state index in [-0.39, 0.29) is 5.91 Å². The van der Waals surface area contributed by atoms with E-state index >= 15 is 0 Å². The number of rotatable bonds is 4. The molecule has 0 heterocycles. The first-order valence-corrected chi connectivity index (χ1v) is 6.56. The van der Waals surface area contributed by atoms with Crippen LogP contribution < -0.4 is 5.32 Å². The van der Waals surface area contributed by atoms with Crippen LogP contribution in [-0.2, 0) is 0 Å². The number of carbonyl (C=O) groups is 1. The number of nitrogens with one attached hydrogen (secondary N) is 1. The monoisotopic (exact) mass is 253 g/mol. The molecule has 19 heavy (non-hydrogen) atoms. The van der Waals surface area contributed by atoms with E-state index in [0.29, 0.717) is 12.5 Å². The summed E-state index contributed by atoms with van der Waals surface area (Å²) in [6.07, 6.45) is 0. The third-order valence-electron chi connectivity index (χ3n) is 3.22. The van der Waals surface area contributed by atoms with Crippen molar-refractivity contribution in [3.05, 3.63) is 71.3 Å². The quantitative estimate of drug-likeness (QED) is 0.887. The van der Waals surface area contributed by atoms with E-state index in [1.165, 1.54) is 5.56 Å². The van der Waals surface area contributed by atoms with Crippen molar-refractivity contribution in [2.24, 2.45) is 0 Å². The van der Waals surface area contributed by atoms with E-state index in [0.717, 1.165) is 11.1 Å². The first-order valence-electron chi connectivity index (χ1n) is 6.56. The summed E-state index contributed by atoms with van der Waals surface area (Å²) >= 11 is 0. The third-order valence-corrected chi connectivity index (χ3v) is 3.22. The largest absolute Gasteiger partial charge is 0.351 e. The molecule has 2 aromatic carbocycles. The topological polar surface area (TPSA) is 29.1 Å². The summed E-state index contributed by atoms with van der Waals surface area (Å²) in [5.41, 5.74) is 3.07. The van der Waals surface area contributed by atoms with Gasteiger partial charge in [-0.25, -0.2) is 0 Å². The zero-order chi connectivity index (χ0) is 13.7. The molecule has 0 saturated heterocycles. The third kappa shape index (κ3) is 3.68. The maximum absolute atomic E-state index is 12.0. The number of aryl methyl sites for hydroxylation is 1. The van der Waals surface area contributed by atoms with Crippen LogP contribution in [0.3, 0.4) is 0 Å². The van der Waals surface area contributed by atoms with Crippen LogP contribution in [-0.4, -0.2) is 12.5 Å².